The molecule has 0 saturated carbocycles. The summed E-state index contributed by atoms with van der Waals surface area (Å²) in [5, 5.41) is 24.6. The van der Waals surface area contributed by atoms with E-state index in [0.717, 1.165) is 33.4 Å². The van der Waals surface area contributed by atoms with Gasteiger partial charge in [-0.05, 0) is 0 Å². The molecule has 0 radical (unpaired) electrons. The number of halogens is 2. The van der Waals surface area contributed by atoms with Gasteiger partial charge in [0, 0.05) is 26.2 Å². The summed E-state index contributed by atoms with van der Waals surface area (Å²) in [7, 11) is 0. The van der Waals surface area contributed by atoms with Gasteiger partial charge in [-0.25, -0.2) is 0 Å². The van der Waals surface area contributed by atoms with E-state index in [2.05, 4.69) is 147 Å². The second-order valence-corrected chi connectivity index (χ2v) is 35.9. The third-order valence-electron chi connectivity index (χ3n) is 14.3. The van der Waals surface area contributed by atoms with Gasteiger partial charge >= 0.3 is 418 Å². The van der Waals surface area contributed by atoms with Crippen LogP contribution in [-0.2, 0) is 47.9 Å². The Morgan fingerprint density at radius 2 is 0.708 bits per heavy atom. The van der Waals surface area contributed by atoms with E-state index in [4.69, 9.17) is 9.47 Å². The quantitative estimate of drug-likeness (QED) is 0.0728. The van der Waals surface area contributed by atoms with Gasteiger partial charge in [0.25, 0.3) is 0 Å². The van der Waals surface area contributed by atoms with E-state index >= 15 is 8.78 Å². The van der Waals surface area contributed by atoms with Gasteiger partial charge in [-0.2, -0.15) is 0 Å². The second-order valence-electron chi connectivity index (χ2n) is 24.5. The molecule has 4 N–H and O–H groups in total. The Labute approximate surface area is 455 Å². The molecule has 0 unspecified atom stereocenters. The molecule has 0 saturated heterocycles. The average molecular weight is 1120 g/mol. The van der Waals surface area contributed by atoms with Crippen molar-refractivity contribution >= 4 is 13.3 Å². The molecule has 8 heteroatoms. The first-order valence-corrected chi connectivity index (χ1v) is 30.1. The Morgan fingerprint density at radius 1 is 0.431 bits per heavy atom. The molecule has 6 aromatic rings. The van der Waals surface area contributed by atoms with E-state index in [1.165, 1.54) is 46.5 Å². The van der Waals surface area contributed by atoms with Crippen LogP contribution in [0.5, 0.6) is 23.0 Å². The fourth-order valence-corrected chi connectivity index (χ4v) is 17.4. The monoisotopic (exact) mass is 1120 g/mol. The number of aryl methyl sites for hydroxylation is 2. The van der Waals surface area contributed by atoms with Crippen molar-refractivity contribution in [3.63, 3.8) is 0 Å². The van der Waals surface area contributed by atoms with Gasteiger partial charge in [0.05, 0.1) is 0 Å². The van der Waals surface area contributed by atoms with Crippen molar-refractivity contribution in [1.82, 2.24) is 0 Å². The SMILES string of the molecule is Cc1cc(-c2cc(C(C)(C)C)cc(C(C)(C)C)c2)c(O)c(-c2ccc(F)cc2[OH+][CH2][Ge]([CH2][OH+]c2cc(F)ccc2-c2cc(C)cc(-c3cc(C(C)(C)C)cc(C(C)(C)C)c3)c2O)([CH](C)C)[CH](C)C)c1.[CH3-].[CH3-].[Zr]. The average Bonchev–Trinajstić information content (AvgIpc) is 3.23. The van der Waals surface area contributed by atoms with Gasteiger partial charge in [0.2, 0.25) is 0 Å². The van der Waals surface area contributed by atoms with E-state index < -0.39 is 24.9 Å². The van der Waals surface area contributed by atoms with Crippen molar-refractivity contribution in [3.8, 4) is 67.5 Å². The normalized spacial score (nSPS) is 12.3. The molecule has 0 aliphatic carbocycles. The summed E-state index contributed by atoms with van der Waals surface area (Å²) in [5.74, 6) is 0.397. The van der Waals surface area contributed by atoms with Crippen LogP contribution in [0.1, 0.15) is 144 Å². The summed E-state index contributed by atoms with van der Waals surface area (Å²) >= 11 is -3.28. The van der Waals surface area contributed by atoms with Crippen molar-refractivity contribution < 1.29 is 54.7 Å². The molecule has 6 rings (SSSR count). The summed E-state index contributed by atoms with van der Waals surface area (Å²) in [6.07, 6.45) is 0. The minimum Gasteiger partial charge on any atom is -0.358 e. The molecule has 0 amide bonds. The number of rotatable bonds is 12. The zero-order valence-corrected chi connectivity index (χ0v) is 51.9. The molecule has 0 aliphatic heterocycles. The molecule has 388 valence electrons. The van der Waals surface area contributed by atoms with Crippen LogP contribution in [0.25, 0.3) is 44.5 Å². The number of benzene rings is 6. The Kier molecular flexibility index (Phi) is 20.0. The fourth-order valence-electron chi connectivity index (χ4n) is 9.35. The molecular weight excluding hydrogens is 1030 g/mol. The Hall–Kier alpha value is -4.19. The van der Waals surface area contributed by atoms with Crippen molar-refractivity contribution in [3.05, 3.63) is 157 Å². The largest absolute Gasteiger partial charge is 0.358 e. The fraction of sp³-hybridized carbons (Fsp3) is 0.406. The second kappa shape index (κ2) is 23.1. The third-order valence-corrected chi connectivity index (χ3v) is 27.1. The zero-order chi connectivity index (χ0) is 51.3. The molecule has 4 nitrogen and oxygen atoms in total. The van der Waals surface area contributed by atoms with Crippen molar-refractivity contribution in [2.24, 2.45) is 0 Å². The Bertz CT molecular complexity index is 2590. The minimum absolute atomic E-state index is 0. The van der Waals surface area contributed by atoms with Gasteiger partial charge in [-0.1, -0.05) is 0 Å². The van der Waals surface area contributed by atoms with Gasteiger partial charge in [0.1, 0.15) is 0 Å². The van der Waals surface area contributed by atoms with Crippen molar-refractivity contribution in [2.45, 2.75) is 156 Å². The van der Waals surface area contributed by atoms with Gasteiger partial charge in [0.15, 0.2) is 0 Å². The maximum absolute atomic E-state index is 15.4. The molecule has 0 bridgehead atoms. The zero-order valence-electron chi connectivity index (χ0n) is 47.4. The number of aliphatic hydroxyl groups is 2. The van der Waals surface area contributed by atoms with Crippen LogP contribution in [0, 0.1) is 40.3 Å². The van der Waals surface area contributed by atoms with Crippen LogP contribution in [0.4, 0.5) is 8.78 Å². The van der Waals surface area contributed by atoms with E-state index in [1.54, 1.807) is 12.1 Å². The summed E-state index contributed by atoms with van der Waals surface area (Å²) in [6, 6.07) is 30.5. The maximum Gasteiger partial charge on any atom is 0 e. The minimum atomic E-state index is -3.28. The summed E-state index contributed by atoms with van der Waals surface area (Å²) in [6.45, 7) is 39.4. The van der Waals surface area contributed by atoms with Crippen LogP contribution in [-0.4, -0.2) is 43.8 Å². The predicted molar refractivity (Wildman–Crippen MR) is 304 cm³/mol. The van der Waals surface area contributed by atoms with Gasteiger partial charge < -0.3 is 14.9 Å². The maximum atomic E-state index is 15.4. The Balaban J connectivity index is 0.00000456. The van der Waals surface area contributed by atoms with Crippen LogP contribution >= 0.6 is 0 Å². The first kappa shape index (κ1) is 62.1. The van der Waals surface area contributed by atoms with E-state index in [9.17, 15) is 10.2 Å². The van der Waals surface area contributed by atoms with Crippen molar-refractivity contribution in [2.75, 3.05) is 10.9 Å². The van der Waals surface area contributed by atoms with Crippen LogP contribution in [0.3, 0.4) is 0 Å². The molecule has 0 aliphatic rings. The number of phenols is 2. The standard InChI is InChI=1S/C62H78F2GeO4.2CH3.Zr/c1-37(2)65(38(3)4,35-68-55-33-47(63)19-21-49(55)53-25-39(5)23-51(57(53)66)41-27-43(59(7,8)9)31-44(28-41)60(10,11)12)36-69-56-34-48(64)20-22-50(56)54-26-40(6)24-52(58(54)67)42-29-45(61(13,14)15)32-46(30-42)62(16,17)18;;;/h19-34,37-38,66-67H,35-36H2,1-18H3;2*1H3;/q;2*-1;/p+2. The molecule has 72 heavy (non-hydrogen) atoms. The summed E-state index contributed by atoms with van der Waals surface area (Å²) < 4.78 is 41.9. The first-order valence-electron chi connectivity index (χ1n) is 24.7. The van der Waals surface area contributed by atoms with E-state index in [-0.39, 0.29) is 83.7 Å². The molecule has 0 spiro atoms. The van der Waals surface area contributed by atoms with E-state index in [1.807, 2.05) is 38.1 Å². The van der Waals surface area contributed by atoms with Crippen LogP contribution in [0.2, 0.25) is 9.50 Å². The molecule has 6 aromatic carbocycles. The number of hydrogen-bond acceptors (Lipinski definition) is 2. The number of aromatic hydroxyl groups is 4. The molecule has 0 heterocycles. The summed E-state index contributed by atoms with van der Waals surface area (Å²) in [5.41, 5.74) is 13.0. The topological polar surface area (TPSA) is 66.1 Å². The van der Waals surface area contributed by atoms with Gasteiger partial charge in [-0.3, -0.25) is 0 Å². The Morgan fingerprint density at radius 3 is 0.972 bits per heavy atom. The smallest absolute Gasteiger partial charge is 0 e. The van der Waals surface area contributed by atoms with Crippen LogP contribution < -0.4 is 0 Å². The molecule has 0 fully saturated rings. The molecule has 0 atom stereocenters. The number of phenolic OH excluding ortho intramolecular Hbond substituents is 2. The predicted octanol–water partition coefficient (Wildman–Crippen LogP) is 18.3. The van der Waals surface area contributed by atoms with Crippen molar-refractivity contribution in [1.29, 1.82) is 0 Å². The molecular formula is C64H86F2GeO4Zr. The van der Waals surface area contributed by atoms with Crippen LogP contribution in [0.15, 0.2) is 97.1 Å². The summed E-state index contributed by atoms with van der Waals surface area (Å²) in [4.78, 5) is 0. The molecule has 0 aromatic heterocycles. The third kappa shape index (κ3) is 13.7. The number of ether oxygens (including phenoxy) is 2. The van der Waals surface area contributed by atoms with E-state index in [0.29, 0.717) is 44.6 Å². The number of hydrogen-bond donors (Lipinski definition) is 2. The van der Waals surface area contributed by atoms with Gasteiger partial charge in [-0.15, -0.1) is 0 Å². The first-order chi connectivity index (χ1) is 31.8.